The number of nitrogens with zero attached hydrogens (tertiary/aromatic N) is 2. The number of ether oxygens (including phenoxy) is 2. The van der Waals surface area contributed by atoms with E-state index >= 15 is 0 Å². The van der Waals surface area contributed by atoms with Crippen LogP contribution in [0.4, 0.5) is 42.0 Å². The summed E-state index contributed by atoms with van der Waals surface area (Å²) in [6.45, 7) is 5.50. The molecule has 3 N–H and O–H groups in total. The van der Waals surface area contributed by atoms with Crippen molar-refractivity contribution < 1.29 is 27.4 Å². The van der Waals surface area contributed by atoms with Crippen molar-refractivity contribution in [3.8, 4) is 11.5 Å². The maximum Gasteiger partial charge on any atom is 0.421 e. The van der Waals surface area contributed by atoms with Gasteiger partial charge in [0.15, 0.2) is 11.5 Å². The van der Waals surface area contributed by atoms with Crippen LogP contribution in [-0.2, 0) is 11.0 Å². The van der Waals surface area contributed by atoms with Crippen LogP contribution < -0.4 is 25.4 Å². The lowest BCUT2D eigenvalue weighted by Gasteiger charge is -2.17. The van der Waals surface area contributed by atoms with Crippen LogP contribution in [0.25, 0.3) is 0 Å². The fourth-order valence-electron chi connectivity index (χ4n) is 2.94. The summed E-state index contributed by atoms with van der Waals surface area (Å²) in [5, 5.41) is 8.08. The number of methoxy groups -OCH3 is 1. The van der Waals surface area contributed by atoms with Crippen LogP contribution in [-0.4, -0.2) is 29.6 Å². The number of carbonyl (C=O) groups excluding carboxylic acids is 1. The van der Waals surface area contributed by atoms with E-state index in [4.69, 9.17) is 9.47 Å². The SMILES string of the molecule is C=CC(=O)Nc1cccc(Nc2nc(Nc3cccc(OC)c3OCC)ncc2C(F)(F)F)c1. The number of rotatable bonds is 9. The van der Waals surface area contributed by atoms with E-state index in [0.29, 0.717) is 35.7 Å². The van der Waals surface area contributed by atoms with E-state index in [2.05, 4.69) is 32.5 Å². The van der Waals surface area contributed by atoms with Crippen molar-refractivity contribution in [3.05, 3.63) is 66.9 Å². The number of alkyl halides is 3. The van der Waals surface area contributed by atoms with Gasteiger partial charge in [0.05, 0.1) is 19.4 Å². The minimum atomic E-state index is -4.71. The second-order valence-corrected chi connectivity index (χ2v) is 6.75. The molecular weight excluding hydrogens is 451 g/mol. The van der Waals surface area contributed by atoms with E-state index in [0.717, 1.165) is 6.08 Å². The minimum absolute atomic E-state index is 0.0965. The molecule has 178 valence electrons. The van der Waals surface area contributed by atoms with Gasteiger partial charge in [0.1, 0.15) is 11.4 Å². The first-order valence-corrected chi connectivity index (χ1v) is 10.1. The number of aromatic nitrogens is 2. The molecule has 1 aromatic heterocycles. The van der Waals surface area contributed by atoms with Gasteiger partial charge in [-0.1, -0.05) is 18.7 Å². The highest BCUT2D eigenvalue weighted by atomic mass is 19.4. The third-order valence-electron chi connectivity index (χ3n) is 4.41. The highest BCUT2D eigenvalue weighted by molar-refractivity contribution is 5.99. The van der Waals surface area contributed by atoms with Crippen molar-refractivity contribution in [1.29, 1.82) is 0 Å². The second kappa shape index (κ2) is 10.6. The van der Waals surface area contributed by atoms with Crippen molar-refractivity contribution in [2.75, 3.05) is 29.7 Å². The Morgan fingerprint density at radius 1 is 1.15 bits per heavy atom. The van der Waals surface area contributed by atoms with E-state index in [1.807, 2.05) is 0 Å². The Morgan fingerprint density at radius 3 is 2.56 bits per heavy atom. The molecule has 0 aliphatic carbocycles. The highest BCUT2D eigenvalue weighted by Crippen LogP contribution is 2.38. The molecule has 8 nitrogen and oxygen atoms in total. The summed E-state index contributed by atoms with van der Waals surface area (Å²) in [6.07, 6.45) is -2.94. The zero-order valence-electron chi connectivity index (χ0n) is 18.4. The number of benzene rings is 2. The summed E-state index contributed by atoms with van der Waals surface area (Å²) in [6, 6.07) is 11.2. The first-order valence-electron chi connectivity index (χ1n) is 10.1. The molecule has 0 fully saturated rings. The molecule has 0 atom stereocenters. The molecule has 0 saturated heterocycles. The maximum atomic E-state index is 13.6. The third-order valence-corrected chi connectivity index (χ3v) is 4.41. The Bertz CT molecular complexity index is 1180. The van der Waals surface area contributed by atoms with E-state index in [1.54, 1.807) is 37.3 Å². The Hall–Kier alpha value is -4.28. The van der Waals surface area contributed by atoms with Crippen LogP contribution in [0.2, 0.25) is 0 Å². The zero-order valence-corrected chi connectivity index (χ0v) is 18.4. The highest BCUT2D eigenvalue weighted by Gasteiger charge is 2.35. The predicted molar refractivity (Wildman–Crippen MR) is 123 cm³/mol. The molecule has 0 aliphatic heterocycles. The maximum absolute atomic E-state index is 13.6. The molecule has 2 aromatic carbocycles. The van der Waals surface area contributed by atoms with Gasteiger partial charge in [0.2, 0.25) is 11.9 Å². The number of halogens is 3. The van der Waals surface area contributed by atoms with Crippen molar-refractivity contribution >= 4 is 34.7 Å². The lowest BCUT2D eigenvalue weighted by atomic mass is 10.2. The molecule has 0 spiro atoms. The summed E-state index contributed by atoms with van der Waals surface area (Å²) in [5.41, 5.74) is -0.00250. The Morgan fingerprint density at radius 2 is 1.88 bits per heavy atom. The summed E-state index contributed by atoms with van der Waals surface area (Å²) in [7, 11) is 1.48. The summed E-state index contributed by atoms with van der Waals surface area (Å²) < 4.78 is 51.8. The summed E-state index contributed by atoms with van der Waals surface area (Å²) >= 11 is 0. The third kappa shape index (κ3) is 5.94. The average Bonchev–Trinajstić information content (AvgIpc) is 2.80. The lowest BCUT2D eigenvalue weighted by molar-refractivity contribution is -0.137. The monoisotopic (exact) mass is 473 g/mol. The van der Waals surface area contributed by atoms with Gasteiger partial charge in [-0.3, -0.25) is 4.79 Å². The largest absolute Gasteiger partial charge is 0.493 e. The number of hydrogen-bond acceptors (Lipinski definition) is 7. The van der Waals surface area contributed by atoms with Crippen LogP contribution in [0.5, 0.6) is 11.5 Å². The average molecular weight is 473 g/mol. The van der Waals surface area contributed by atoms with Gasteiger partial charge in [-0.05, 0) is 43.3 Å². The Kier molecular flexibility index (Phi) is 7.57. The fourth-order valence-corrected chi connectivity index (χ4v) is 2.94. The number of hydrogen-bond donors (Lipinski definition) is 3. The summed E-state index contributed by atoms with van der Waals surface area (Å²) in [4.78, 5) is 19.4. The predicted octanol–water partition coefficient (Wildman–Crippen LogP) is 5.51. The van der Waals surface area contributed by atoms with Gasteiger partial charge in [-0.25, -0.2) is 4.98 Å². The van der Waals surface area contributed by atoms with Crippen LogP contribution in [0.1, 0.15) is 12.5 Å². The standard InChI is InChI=1S/C23H22F3N5O3/c1-4-19(32)28-14-8-6-9-15(12-14)29-21-16(23(24,25)26)13-27-22(31-21)30-17-10-7-11-18(33-3)20(17)34-5-2/h4,6-13H,1,5H2,2-3H3,(H,28,32)(H2,27,29,30,31). The number of amides is 1. The number of para-hydroxylation sites is 1. The number of nitrogens with one attached hydrogen (secondary N) is 3. The van der Waals surface area contributed by atoms with Crippen molar-refractivity contribution in [3.63, 3.8) is 0 Å². The molecular formula is C23H22F3N5O3. The van der Waals surface area contributed by atoms with Crippen LogP contribution in [0.15, 0.2) is 61.3 Å². The molecule has 11 heteroatoms. The van der Waals surface area contributed by atoms with Crippen molar-refractivity contribution in [2.45, 2.75) is 13.1 Å². The van der Waals surface area contributed by atoms with Gasteiger partial charge in [0, 0.05) is 17.6 Å². The molecule has 34 heavy (non-hydrogen) atoms. The molecule has 0 aliphatic rings. The summed E-state index contributed by atoms with van der Waals surface area (Å²) in [5.74, 6) is -0.212. The lowest BCUT2D eigenvalue weighted by Crippen LogP contribution is -2.13. The van der Waals surface area contributed by atoms with Gasteiger partial charge in [-0.15, -0.1) is 0 Å². The molecule has 0 saturated carbocycles. The number of carbonyl (C=O) groups is 1. The molecule has 3 rings (SSSR count). The van der Waals surface area contributed by atoms with E-state index in [9.17, 15) is 18.0 Å². The first kappa shape index (κ1) is 24.4. The molecule has 0 radical (unpaired) electrons. The fraction of sp³-hybridized carbons (Fsp3) is 0.174. The molecule has 1 heterocycles. The Labute approximate surface area is 193 Å². The molecule has 0 bridgehead atoms. The smallest absolute Gasteiger partial charge is 0.421 e. The number of anilines is 5. The molecule has 0 unspecified atom stereocenters. The van der Waals surface area contributed by atoms with Gasteiger partial charge >= 0.3 is 6.18 Å². The second-order valence-electron chi connectivity index (χ2n) is 6.75. The van der Waals surface area contributed by atoms with Gasteiger partial charge in [-0.2, -0.15) is 18.2 Å². The van der Waals surface area contributed by atoms with E-state index in [-0.39, 0.29) is 11.6 Å². The Balaban J connectivity index is 1.97. The normalized spacial score (nSPS) is 10.9. The van der Waals surface area contributed by atoms with Crippen molar-refractivity contribution in [1.82, 2.24) is 9.97 Å². The van der Waals surface area contributed by atoms with Crippen molar-refractivity contribution in [2.24, 2.45) is 0 Å². The van der Waals surface area contributed by atoms with Gasteiger partial charge in [0.25, 0.3) is 0 Å². The molecule has 1 amide bonds. The van der Waals surface area contributed by atoms with E-state index < -0.39 is 23.5 Å². The van der Waals surface area contributed by atoms with Crippen LogP contribution in [0.3, 0.4) is 0 Å². The zero-order chi connectivity index (χ0) is 24.7. The minimum Gasteiger partial charge on any atom is -0.493 e. The quantitative estimate of drug-likeness (QED) is 0.352. The topological polar surface area (TPSA) is 97.4 Å². The van der Waals surface area contributed by atoms with E-state index in [1.165, 1.54) is 19.2 Å². The van der Waals surface area contributed by atoms with Crippen LogP contribution in [0, 0.1) is 0 Å². The molecule has 3 aromatic rings. The van der Waals surface area contributed by atoms with Gasteiger partial charge < -0.3 is 25.4 Å². The van der Waals surface area contributed by atoms with Crippen LogP contribution >= 0.6 is 0 Å². The first-order chi connectivity index (χ1) is 16.2.